The van der Waals surface area contributed by atoms with Crippen LogP contribution in [-0.2, 0) is 0 Å². The van der Waals surface area contributed by atoms with E-state index in [-0.39, 0.29) is 0 Å². The van der Waals surface area contributed by atoms with Crippen molar-refractivity contribution < 1.29 is 0 Å². The maximum Gasteiger partial charge on any atom is 0.0252 e. The third kappa shape index (κ3) is 2.58. The summed E-state index contributed by atoms with van der Waals surface area (Å²) in [5.41, 5.74) is 0.512. The van der Waals surface area contributed by atoms with E-state index in [1.165, 1.54) is 64.6 Å². The molecule has 2 nitrogen and oxygen atoms in total. The number of hydrogen-bond donors (Lipinski definition) is 0. The van der Waals surface area contributed by atoms with Crippen molar-refractivity contribution >= 4 is 0 Å². The molecule has 3 fully saturated rings. The van der Waals surface area contributed by atoms with E-state index in [9.17, 15) is 0 Å². The van der Waals surface area contributed by atoms with Gasteiger partial charge in [0, 0.05) is 30.7 Å². The minimum absolute atomic E-state index is 0.512. The maximum atomic E-state index is 2.94. The molecule has 3 rings (SSSR count). The first-order valence-corrected chi connectivity index (χ1v) is 8.61. The number of nitrogens with zero attached hydrogens (tertiary/aromatic N) is 2. The minimum atomic E-state index is 0.512. The van der Waals surface area contributed by atoms with Gasteiger partial charge in [-0.05, 0) is 45.1 Å². The normalized spacial score (nSPS) is 36.6. The molecule has 0 amide bonds. The molecule has 1 aliphatic carbocycles. The second kappa shape index (κ2) is 5.37. The van der Waals surface area contributed by atoms with Crippen LogP contribution in [0.25, 0.3) is 0 Å². The van der Waals surface area contributed by atoms with Gasteiger partial charge in [-0.2, -0.15) is 0 Å². The van der Waals surface area contributed by atoms with Gasteiger partial charge in [0.05, 0.1) is 0 Å². The van der Waals surface area contributed by atoms with Crippen LogP contribution in [0.2, 0.25) is 0 Å². The quantitative estimate of drug-likeness (QED) is 0.753. The van der Waals surface area contributed by atoms with Crippen LogP contribution in [0.15, 0.2) is 0 Å². The molecule has 3 aliphatic rings. The summed E-state index contributed by atoms with van der Waals surface area (Å²) in [6.45, 7) is 11.4. The molecule has 110 valence electrons. The Kier molecular flexibility index (Phi) is 3.92. The van der Waals surface area contributed by atoms with Crippen LogP contribution in [0, 0.1) is 5.92 Å². The van der Waals surface area contributed by atoms with Crippen LogP contribution in [0.5, 0.6) is 0 Å². The predicted molar refractivity (Wildman–Crippen MR) is 81.4 cm³/mol. The number of piperidine rings is 1. The second-order valence-electron chi connectivity index (χ2n) is 7.81. The molecule has 2 heterocycles. The predicted octanol–water partition coefficient (Wildman–Crippen LogP) is 3.51. The van der Waals surface area contributed by atoms with Crippen molar-refractivity contribution in [3.8, 4) is 0 Å². The molecule has 2 heteroatoms. The Morgan fingerprint density at radius 2 is 1.74 bits per heavy atom. The standard InChI is InChI=1S/C17H32N2/c1-14(2)16-13-18-11-7-4-8-15(18)12-19(16)17(3)9-5-6-10-17/h14-16H,4-13H2,1-3H3. The van der Waals surface area contributed by atoms with Gasteiger partial charge in [-0.25, -0.2) is 0 Å². The van der Waals surface area contributed by atoms with E-state index in [0.717, 1.165) is 18.0 Å². The van der Waals surface area contributed by atoms with E-state index < -0.39 is 0 Å². The lowest BCUT2D eigenvalue weighted by atomic mass is 9.86. The summed E-state index contributed by atoms with van der Waals surface area (Å²) in [4.78, 5) is 5.75. The number of rotatable bonds is 2. The highest BCUT2D eigenvalue weighted by Crippen LogP contribution is 2.40. The molecule has 0 aromatic heterocycles. The second-order valence-corrected chi connectivity index (χ2v) is 7.81. The molecule has 2 unspecified atom stereocenters. The van der Waals surface area contributed by atoms with Crippen molar-refractivity contribution in [1.82, 2.24) is 9.80 Å². The number of piperazine rings is 1. The van der Waals surface area contributed by atoms with Gasteiger partial charge in [0.2, 0.25) is 0 Å². The molecule has 0 N–H and O–H groups in total. The van der Waals surface area contributed by atoms with Crippen molar-refractivity contribution in [2.24, 2.45) is 5.92 Å². The largest absolute Gasteiger partial charge is 0.298 e. The molecular weight excluding hydrogens is 232 g/mol. The zero-order valence-corrected chi connectivity index (χ0v) is 13.2. The van der Waals surface area contributed by atoms with Gasteiger partial charge in [-0.3, -0.25) is 9.80 Å². The van der Waals surface area contributed by atoms with Crippen molar-refractivity contribution in [2.45, 2.75) is 83.3 Å². The summed E-state index contributed by atoms with van der Waals surface area (Å²) in [5.74, 6) is 0.792. The zero-order valence-electron chi connectivity index (χ0n) is 13.2. The lowest BCUT2D eigenvalue weighted by molar-refractivity contribution is -0.0603. The Morgan fingerprint density at radius 1 is 1.00 bits per heavy atom. The first-order valence-electron chi connectivity index (χ1n) is 8.61. The summed E-state index contributed by atoms with van der Waals surface area (Å²) in [6, 6.07) is 1.65. The summed E-state index contributed by atoms with van der Waals surface area (Å²) in [5, 5.41) is 0. The van der Waals surface area contributed by atoms with Gasteiger partial charge in [-0.1, -0.05) is 33.1 Å². The van der Waals surface area contributed by atoms with E-state index in [0.29, 0.717) is 5.54 Å². The van der Waals surface area contributed by atoms with E-state index in [1.54, 1.807) is 0 Å². The van der Waals surface area contributed by atoms with Gasteiger partial charge < -0.3 is 0 Å². The van der Waals surface area contributed by atoms with Gasteiger partial charge in [-0.15, -0.1) is 0 Å². The molecule has 2 atom stereocenters. The number of fused-ring (bicyclic) bond motifs is 1. The molecule has 0 aromatic carbocycles. The first kappa shape index (κ1) is 13.9. The Bertz CT molecular complexity index is 306. The molecule has 2 saturated heterocycles. The van der Waals surface area contributed by atoms with Crippen molar-refractivity contribution in [1.29, 1.82) is 0 Å². The Balaban J connectivity index is 1.79. The highest BCUT2D eigenvalue weighted by Gasteiger charge is 2.45. The van der Waals surface area contributed by atoms with Crippen LogP contribution in [-0.4, -0.2) is 47.1 Å². The molecule has 2 aliphatic heterocycles. The van der Waals surface area contributed by atoms with E-state index >= 15 is 0 Å². The SMILES string of the molecule is CC(C)C1CN2CCCCC2CN1C1(C)CCCC1. The van der Waals surface area contributed by atoms with E-state index in [4.69, 9.17) is 0 Å². The molecule has 0 spiro atoms. The smallest absolute Gasteiger partial charge is 0.0252 e. The Labute approximate surface area is 119 Å². The van der Waals surface area contributed by atoms with E-state index in [1.807, 2.05) is 0 Å². The molecule has 1 saturated carbocycles. The highest BCUT2D eigenvalue weighted by molar-refractivity contribution is 5.01. The summed E-state index contributed by atoms with van der Waals surface area (Å²) in [7, 11) is 0. The highest BCUT2D eigenvalue weighted by atomic mass is 15.3. The Hall–Kier alpha value is -0.0800. The lowest BCUT2D eigenvalue weighted by Crippen LogP contribution is -2.65. The molecule has 0 aromatic rings. The lowest BCUT2D eigenvalue weighted by Gasteiger charge is -2.55. The fourth-order valence-corrected chi connectivity index (χ4v) is 4.82. The summed E-state index contributed by atoms with van der Waals surface area (Å²) < 4.78 is 0. The number of hydrogen-bond acceptors (Lipinski definition) is 2. The van der Waals surface area contributed by atoms with Crippen LogP contribution in [0.4, 0.5) is 0 Å². The topological polar surface area (TPSA) is 6.48 Å². The molecular formula is C17H32N2. The fourth-order valence-electron chi connectivity index (χ4n) is 4.82. The fraction of sp³-hybridized carbons (Fsp3) is 1.00. The van der Waals surface area contributed by atoms with Gasteiger partial charge in [0.15, 0.2) is 0 Å². The summed E-state index contributed by atoms with van der Waals surface area (Å²) in [6.07, 6.45) is 10.1. The van der Waals surface area contributed by atoms with E-state index in [2.05, 4.69) is 30.6 Å². The third-order valence-corrected chi connectivity index (χ3v) is 6.12. The van der Waals surface area contributed by atoms with Crippen LogP contribution in [0.3, 0.4) is 0 Å². The third-order valence-electron chi connectivity index (χ3n) is 6.12. The van der Waals surface area contributed by atoms with Crippen molar-refractivity contribution in [2.75, 3.05) is 19.6 Å². The average molecular weight is 264 g/mol. The van der Waals surface area contributed by atoms with Gasteiger partial charge in [0.1, 0.15) is 0 Å². The molecule has 0 radical (unpaired) electrons. The van der Waals surface area contributed by atoms with Gasteiger partial charge >= 0.3 is 0 Å². The zero-order chi connectivity index (χ0) is 13.5. The monoisotopic (exact) mass is 264 g/mol. The summed E-state index contributed by atoms with van der Waals surface area (Å²) >= 11 is 0. The maximum absolute atomic E-state index is 2.94. The molecule has 19 heavy (non-hydrogen) atoms. The minimum Gasteiger partial charge on any atom is -0.298 e. The van der Waals surface area contributed by atoms with Crippen molar-refractivity contribution in [3.63, 3.8) is 0 Å². The average Bonchev–Trinajstić information content (AvgIpc) is 2.85. The van der Waals surface area contributed by atoms with Crippen LogP contribution < -0.4 is 0 Å². The van der Waals surface area contributed by atoms with Gasteiger partial charge in [0.25, 0.3) is 0 Å². The Morgan fingerprint density at radius 3 is 2.42 bits per heavy atom. The van der Waals surface area contributed by atoms with Crippen molar-refractivity contribution in [3.05, 3.63) is 0 Å². The molecule has 0 bridgehead atoms. The first-order chi connectivity index (χ1) is 9.10. The van der Waals surface area contributed by atoms with Crippen LogP contribution in [0.1, 0.15) is 65.7 Å². The van der Waals surface area contributed by atoms with Crippen LogP contribution >= 0.6 is 0 Å².